The lowest BCUT2D eigenvalue weighted by Gasteiger charge is -1.95. The van der Waals surface area contributed by atoms with Crippen LogP contribution in [0.2, 0.25) is 6.55 Å². The number of benzene rings is 1. The molecule has 0 bridgehead atoms. The van der Waals surface area contributed by atoms with Crippen molar-refractivity contribution in [2.75, 3.05) is 6.61 Å². The highest BCUT2D eigenvalue weighted by molar-refractivity contribution is 6.24. The summed E-state index contributed by atoms with van der Waals surface area (Å²) in [5, 5.41) is 0. The summed E-state index contributed by atoms with van der Waals surface area (Å²) in [6.07, 6.45) is 5.33. The van der Waals surface area contributed by atoms with Crippen molar-refractivity contribution in [1.82, 2.24) is 0 Å². The van der Waals surface area contributed by atoms with Crippen LogP contribution in [0.3, 0.4) is 0 Å². The molecule has 0 atom stereocenters. The summed E-state index contributed by atoms with van der Waals surface area (Å²) in [6.45, 7) is 3.03. The minimum atomic E-state index is -0.211. The molecule has 0 aliphatic carbocycles. The summed E-state index contributed by atoms with van der Waals surface area (Å²) < 4.78 is 5.36. The Morgan fingerprint density at radius 1 is 1.31 bits per heavy atom. The molecule has 1 rings (SSSR count). The van der Waals surface area contributed by atoms with Gasteiger partial charge in [0.25, 0.3) is 0 Å². The Hall–Kier alpha value is -0.863. The van der Waals surface area contributed by atoms with E-state index in [0.29, 0.717) is 0 Å². The molecule has 0 saturated heterocycles. The topological polar surface area (TPSA) is 9.23 Å². The van der Waals surface area contributed by atoms with E-state index in [9.17, 15) is 0 Å². The Kier molecular flexibility index (Phi) is 5.21. The molecule has 0 fully saturated rings. The van der Waals surface area contributed by atoms with Gasteiger partial charge in [0, 0.05) is 6.61 Å². The van der Waals surface area contributed by atoms with Gasteiger partial charge < -0.3 is 4.43 Å². The smallest absolute Gasteiger partial charge is 0.158 e. The van der Waals surface area contributed by atoms with Gasteiger partial charge in [-0.05, 0) is 12.0 Å². The zero-order valence-electron chi connectivity index (χ0n) is 8.07. The van der Waals surface area contributed by atoms with Gasteiger partial charge >= 0.3 is 0 Å². The van der Waals surface area contributed by atoms with Crippen LogP contribution < -0.4 is 0 Å². The minimum absolute atomic E-state index is 0.211. The van der Waals surface area contributed by atoms with Crippen LogP contribution >= 0.6 is 0 Å². The van der Waals surface area contributed by atoms with Crippen molar-refractivity contribution in [3.8, 4) is 0 Å². The van der Waals surface area contributed by atoms with Crippen molar-refractivity contribution in [3.05, 3.63) is 42.0 Å². The third-order valence-corrected chi connectivity index (χ3v) is 2.44. The number of hydrogen-bond donors (Lipinski definition) is 0. The molecular formula is C11H16OSi. The molecule has 1 aromatic rings. The first kappa shape index (κ1) is 10.2. The maximum atomic E-state index is 5.36. The molecule has 13 heavy (non-hydrogen) atoms. The van der Waals surface area contributed by atoms with E-state index in [2.05, 4.69) is 43.0 Å². The van der Waals surface area contributed by atoms with Gasteiger partial charge in [-0.3, -0.25) is 0 Å². The molecule has 0 heterocycles. The molecule has 1 nitrogen and oxygen atoms in total. The SMILES string of the molecule is C[SiH2]OCCC=Cc1ccccc1. The van der Waals surface area contributed by atoms with Gasteiger partial charge in [0.15, 0.2) is 9.76 Å². The second kappa shape index (κ2) is 6.63. The van der Waals surface area contributed by atoms with Gasteiger partial charge in [-0.1, -0.05) is 49.0 Å². The molecule has 1 aromatic carbocycles. The average molecular weight is 192 g/mol. The molecule has 0 unspecified atom stereocenters. The lowest BCUT2D eigenvalue weighted by atomic mass is 10.2. The fraction of sp³-hybridized carbons (Fsp3) is 0.273. The molecular weight excluding hydrogens is 176 g/mol. The van der Waals surface area contributed by atoms with Crippen LogP contribution in [0.1, 0.15) is 12.0 Å². The maximum absolute atomic E-state index is 5.36. The predicted octanol–water partition coefficient (Wildman–Crippen LogP) is 2.24. The quantitative estimate of drug-likeness (QED) is 0.513. The van der Waals surface area contributed by atoms with E-state index in [-0.39, 0.29) is 9.76 Å². The zero-order valence-corrected chi connectivity index (χ0v) is 9.49. The van der Waals surface area contributed by atoms with Crippen molar-refractivity contribution >= 4 is 15.8 Å². The first-order valence-electron chi connectivity index (χ1n) is 4.73. The zero-order chi connectivity index (χ0) is 9.36. The molecule has 0 aromatic heterocycles. The van der Waals surface area contributed by atoms with Gasteiger partial charge in [-0.25, -0.2) is 0 Å². The lowest BCUT2D eigenvalue weighted by Crippen LogP contribution is -1.93. The first-order chi connectivity index (χ1) is 6.43. The number of rotatable bonds is 5. The average Bonchev–Trinajstić information content (AvgIpc) is 2.19. The Bertz CT molecular complexity index is 244. The van der Waals surface area contributed by atoms with Gasteiger partial charge in [-0.15, -0.1) is 0 Å². The molecule has 0 N–H and O–H groups in total. The van der Waals surface area contributed by atoms with E-state index < -0.39 is 0 Å². The van der Waals surface area contributed by atoms with Crippen molar-refractivity contribution < 1.29 is 4.43 Å². The first-order valence-corrected chi connectivity index (χ1v) is 6.72. The van der Waals surface area contributed by atoms with Crippen LogP contribution in [0.15, 0.2) is 36.4 Å². The van der Waals surface area contributed by atoms with Crippen molar-refractivity contribution in [2.45, 2.75) is 13.0 Å². The molecule has 0 radical (unpaired) electrons. The summed E-state index contributed by atoms with van der Waals surface area (Å²) in [4.78, 5) is 0. The van der Waals surface area contributed by atoms with E-state index in [4.69, 9.17) is 4.43 Å². The van der Waals surface area contributed by atoms with Crippen molar-refractivity contribution in [2.24, 2.45) is 0 Å². The molecule has 0 spiro atoms. The third-order valence-electron chi connectivity index (χ3n) is 1.74. The van der Waals surface area contributed by atoms with Crippen LogP contribution in [-0.4, -0.2) is 16.4 Å². The van der Waals surface area contributed by atoms with Gasteiger partial charge in [-0.2, -0.15) is 0 Å². The molecule has 0 aliphatic rings. The Morgan fingerprint density at radius 2 is 2.08 bits per heavy atom. The van der Waals surface area contributed by atoms with Crippen LogP contribution in [0.4, 0.5) is 0 Å². The van der Waals surface area contributed by atoms with Crippen LogP contribution in [0, 0.1) is 0 Å². The molecule has 0 amide bonds. The summed E-state index contributed by atoms with van der Waals surface area (Å²) >= 11 is 0. The largest absolute Gasteiger partial charge is 0.424 e. The molecule has 70 valence electrons. The second-order valence-electron chi connectivity index (χ2n) is 2.80. The fourth-order valence-electron chi connectivity index (χ4n) is 1.08. The van der Waals surface area contributed by atoms with E-state index in [0.717, 1.165) is 13.0 Å². The predicted molar refractivity (Wildman–Crippen MR) is 60.5 cm³/mol. The maximum Gasteiger partial charge on any atom is 0.158 e. The molecule has 2 heteroatoms. The summed E-state index contributed by atoms with van der Waals surface area (Å²) in [5.41, 5.74) is 1.26. The van der Waals surface area contributed by atoms with Gasteiger partial charge in [0.1, 0.15) is 0 Å². The Morgan fingerprint density at radius 3 is 2.77 bits per heavy atom. The van der Waals surface area contributed by atoms with Crippen LogP contribution in [0.5, 0.6) is 0 Å². The fourth-order valence-corrected chi connectivity index (χ4v) is 1.53. The molecule has 0 aliphatic heterocycles. The highest BCUT2D eigenvalue weighted by Crippen LogP contribution is 2.01. The van der Waals surface area contributed by atoms with E-state index in [1.54, 1.807) is 0 Å². The summed E-state index contributed by atoms with van der Waals surface area (Å²) in [7, 11) is -0.211. The lowest BCUT2D eigenvalue weighted by molar-refractivity contribution is 0.347. The molecule has 0 saturated carbocycles. The summed E-state index contributed by atoms with van der Waals surface area (Å²) in [5.74, 6) is 0. The van der Waals surface area contributed by atoms with Crippen molar-refractivity contribution in [3.63, 3.8) is 0 Å². The van der Waals surface area contributed by atoms with Gasteiger partial charge in [0.2, 0.25) is 0 Å². The van der Waals surface area contributed by atoms with Crippen LogP contribution in [0.25, 0.3) is 6.08 Å². The van der Waals surface area contributed by atoms with E-state index in [1.807, 2.05) is 6.07 Å². The second-order valence-corrected chi connectivity index (χ2v) is 3.78. The summed E-state index contributed by atoms with van der Waals surface area (Å²) in [6, 6.07) is 10.3. The Labute approximate surface area is 82.4 Å². The Balaban J connectivity index is 2.25. The van der Waals surface area contributed by atoms with Crippen molar-refractivity contribution in [1.29, 1.82) is 0 Å². The van der Waals surface area contributed by atoms with E-state index in [1.165, 1.54) is 5.56 Å². The monoisotopic (exact) mass is 192 g/mol. The van der Waals surface area contributed by atoms with Crippen LogP contribution in [-0.2, 0) is 4.43 Å². The third kappa shape index (κ3) is 4.65. The number of hydrogen-bond acceptors (Lipinski definition) is 1. The van der Waals surface area contributed by atoms with E-state index >= 15 is 0 Å². The normalized spacial score (nSPS) is 11.8. The highest BCUT2D eigenvalue weighted by atomic mass is 28.2. The minimum Gasteiger partial charge on any atom is -0.424 e. The standard InChI is InChI=1S/C11H16OSi/c1-13-12-10-6-5-9-11-7-3-2-4-8-11/h2-5,7-9H,6,10,13H2,1H3. The van der Waals surface area contributed by atoms with Gasteiger partial charge in [0.05, 0.1) is 0 Å². The highest BCUT2D eigenvalue weighted by Gasteiger charge is 1.83.